The molecule has 0 aliphatic carbocycles. The van der Waals surface area contributed by atoms with Crippen LogP contribution in [-0.4, -0.2) is 76.1 Å². The fourth-order valence-electron chi connectivity index (χ4n) is 6.66. The molecule has 0 radical (unpaired) electrons. The normalized spacial score (nSPS) is 22.4. The van der Waals surface area contributed by atoms with E-state index >= 15 is 0 Å². The molecule has 42 heavy (non-hydrogen) atoms. The van der Waals surface area contributed by atoms with Crippen LogP contribution < -0.4 is 9.64 Å². The maximum absolute atomic E-state index is 14.3. The maximum atomic E-state index is 14.3. The lowest BCUT2D eigenvalue weighted by Gasteiger charge is -2.30. The molecular weight excluding hydrogens is 529 g/mol. The number of hydrogen-bond acceptors (Lipinski definition) is 7. The number of nitrogens with zero attached hydrogens (tertiary/aromatic N) is 5. The lowest BCUT2D eigenvalue weighted by atomic mass is 9.88. The third-order valence-electron chi connectivity index (χ3n) is 8.99. The van der Waals surface area contributed by atoms with Gasteiger partial charge in [-0.25, -0.2) is 14.4 Å². The monoisotopic (exact) mass is 571 g/mol. The summed E-state index contributed by atoms with van der Waals surface area (Å²) >= 11 is 0. The summed E-state index contributed by atoms with van der Waals surface area (Å²) in [5.74, 6) is 3.13. The van der Waals surface area contributed by atoms with Gasteiger partial charge >= 0.3 is 6.01 Å². The number of fused-ring (bicyclic) bond motifs is 2. The molecule has 3 aromatic rings. The van der Waals surface area contributed by atoms with Crippen molar-refractivity contribution in [2.75, 3.05) is 38.2 Å². The van der Waals surface area contributed by atoms with Crippen molar-refractivity contribution < 1.29 is 14.2 Å². The molecule has 2 aromatic heterocycles. The van der Waals surface area contributed by atoms with Gasteiger partial charge in [-0.3, -0.25) is 4.90 Å². The van der Waals surface area contributed by atoms with Crippen LogP contribution in [0.3, 0.4) is 0 Å². The van der Waals surface area contributed by atoms with Gasteiger partial charge in [0.15, 0.2) is 0 Å². The third kappa shape index (κ3) is 6.13. The van der Waals surface area contributed by atoms with Crippen molar-refractivity contribution in [1.29, 1.82) is 0 Å². The van der Waals surface area contributed by atoms with Gasteiger partial charge in [0.05, 0.1) is 34.2 Å². The van der Waals surface area contributed by atoms with Crippen molar-refractivity contribution in [3.05, 3.63) is 59.4 Å². The van der Waals surface area contributed by atoms with Gasteiger partial charge in [-0.2, -0.15) is 4.98 Å². The highest BCUT2D eigenvalue weighted by Crippen LogP contribution is 2.40. The molecule has 222 valence electrons. The number of hydrogen-bond donors (Lipinski definition) is 1. The van der Waals surface area contributed by atoms with Crippen LogP contribution in [-0.2, 0) is 6.42 Å². The number of rotatable bonds is 11. The summed E-state index contributed by atoms with van der Waals surface area (Å²) in [5.41, 5.74) is 4.35. The number of aliphatic hydroxyl groups is 1. The zero-order chi connectivity index (χ0) is 29.9. The molecule has 4 atom stereocenters. The van der Waals surface area contributed by atoms with E-state index in [2.05, 4.69) is 32.8 Å². The minimum atomic E-state index is -0.815. The van der Waals surface area contributed by atoms with Gasteiger partial charge in [0, 0.05) is 32.8 Å². The Morgan fingerprint density at radius 3 is 2.81 bits per heavy atom. The number of anilines is 1. The number of allylic oxidation sites excluding steroid dienone is 1. The van der Waals surface area contributed by atoms with Gasteiger partial charge < -0.3 is 14.7 Å². The van der Waals surface area contributed by atoms with Crippen LogP contribution in [0.15, 0.2) is 48.2 Å². The van der Waals surface area contributed by atoms with Crippen LogP contribution >= 0.6 is 0 Å². The van der Waals surface area contributed by atoms with Crippen molar-refractivity contribution in [2.45, 2.75) is 70.7 Å². The summed E-state index contributed by atoms with van der Waals surface area (Å²) in [6.07, 6.45) is 10.2. The van der Waals surface area contributed by atoms with Gasteiger partial charge in [-0.05, 0) is 68.9 Å². The summed E-state index contributed by atoms with van der Waals surface area (Å²) < 4.78 is 20.5. The van der Waals surface area contributed by atoms with E-state index in [0.29, 0.717) is 31.5 Å². The molecule has 0 spiro atoms. The minimum Gasteiger partial charge on any atom is -0.461 e. The van der Waals surface area contributed by atoms with Gasteiger partial charge in [-0.15, -0.1) is 6.42 Å². The van der Waals surface area contributed by atoms with E-state index in [9.17, 15) is 9.50 Å². The highest BCUT2D eigenvalue weighted by molar-refractivity contribution is 5.91. The number of halogens is 1. The zero-order valence-corrected chi connectivity index (χ0v) is 25.2. The van der Waals surface area contributed by atoms with E-state index in [-0.39, 0.29) is 11.5 Å². The van der Waals surface area contributed by atoms with E-state index in [4.69, 9.17) is 21.1 Å². The van der Waals surface area contributed by atoms with Crippen LogP contribution in [0.1, 0.15) is 57.7 Å². The first-order valence-corrected chi connectivity index (χ1v) is 15.0. The highest BCUT2D eigenvalue weighted by atomic mass is 19.1. The first-order chi connectivity index (χ1) is 20.2. The predicted molar refractivity (Wildman–Crippen MR) is 166 cm³/mol. The van der Waals surface area contributed by atoms with Gasteiger partial charge in [-0.1, -0.05) is 43.2 Å². The second kappa shape index (κ2) is 12.8. The van der Waals surface area contributed by atoms with E-state index in [1.54, 1.807) is 13.1 Å². The molecule has 7 nitrogen and oxygen atoms in total. The third-order valence-corrected chi connectivity index (χ3v) is 8.99. The van der Waals surface area contributed by atoms with E-state index in [1.165, 1.54) is 5.56 Å². The topological polar surface area (TPSA) is 74.6 Å². The van der Waals surface area contributed by atoms with Crippen molar-refractivity contribution in [1.82, 2.24) is 19.9 Å². The zero-order valence-electron chi connectivity index (χ0n) is 25.2. The Bertz CT molecular complexity index is 1470. The maximum Gasteiger partial charge on any atom is 0.316 e. The second-order valence-electron chi connectivity index (χ2n) is 11.8. The highest BCUT2D eigenvalue weighted by Gasteiger charge is 2.49. The SMILES string of the molecule is C#CC(/C(CC)=C(/C)c1cc2nc(OC[C@@]34CCCN3C[C@H](F)C4)ncc2c(N(C)CCc2ccccc2)n1)C(C)O. The first-order valence-electron chi connectivity index (χ1n) is 15.0. The molecule has 2 saturated heterocycles. The molecule has 8 heteroatoms. The molecule has 2 fully saturated rings. The second-order valence-corrected chi connectivity index (χ2v) is 11.8. The molecule has 0 saturated carbocycles. The Balaban J connectivity index is 1.51. The fourth-order valence-corrected chi connectivity index (χ4v) is 6.66. The summed E-state index contributed by atoms with van der Waals surface area (Å²) in [4.78, 5) is 18.8. The molecule has 0 amide bonds. The van der Waals surface area contributed by atoms with Crippen LogP contribution in [0, 0.1) is 18.3 Å². The number of ether oxygens (including phenoxy) is 1. The van der Waals surface area contributed by atoms with Crippen molar-refractivity contribution in [2.24, 2.45) is 5.92 Å². The largest absolute Gasteiger partial charge is 0.461 e. The smallest absolute Gasteiger partial charge is 0.316 e. The summed E-state index contributed by atoms with van der Waals surface area (Å²) in [6.45, 7) is 8.29. The summed E-state index contributed by atoms with van der Waals surface area (Å²) in [5, 5.41) is 11.2. The molecule has 1 aromatic carbocycles. The summed E-state index contributed by atoms with van der Waals surface area (Å²) in [7, 11) is 2.03. The van der Waals surface area contributed by atoms with Crippen LogP contribution in [0.25, 0.3) is 16.5 Å². The number of terminal acetylenes is 1. The number of aliphatic hydroxyl groups excluding tert-OH is 1. The van der Waals surface area contributed by atoms with Crippen molar-refractivity contribution >= 4 is 22.3 Å². The molecule has 1 N–H and O–H groups in total. The number of benzene rings is 1. The van der Waals surface area contributed by atoms with Crippen LogP contribution in [0.5, 0.6) is 6.01 Å². The molecule has 5 rings (SSSR count). The predicted octanol–water partition coefficient (Wildman–Crippen LogP) is 5.47. The molecule has 2 unspecified atom stereocenters. The minimum absolute atomic E-state index is 0.273. The molecular formula is C34H42FN5O2. The van der Waals surface area contributed by atoms with E-state index < -0.39 is 18.2 Å². The lowest BCUT2D eigenvalue weighted by molar-refractivity contribution is 0.107. The Labute approximate surface area is 248 Å². The van der Waals surface area contributed by atoms with Crippen LogP contribution in [0.4, 0.5) is 10.2 Å². The van der Waals surface area contributed by atoms with Gasteiger partial charge in [0.1, 0.15) is 18.6 Å². The Hall–Kier alpha value is -3.54. The van der Waals surface area contributed by atoms with Crippen LogP contribution in [0.2, 0.25) is 0 Å². The fraction of sp³-hybridized carbons (Fsp3) is 0.500. The van der Waals surface area contributed by atoms with E-state index in [0.717, 1.165) is 60.4 Å². The first kappa shape index (κ1) is 29.9. The van der Waals surface area contributed by atoms with E-state index in [1.807, 2.05) is 45.2 Å². The Morgan fingerprint density at radius 1 is 1.31 bits per heavy atom. The molecule has 4 heterocycles. The number of likely N-dealkylation sites (N-methyl/N-ethyl adjacent to an activating group) is 1. The average Bonchev–Trinajstić information content (AvgIpc) is 3.52. The Kier molecular flexibility index (Phi) is 9.10. The van der Waals surface area contributed by atoms with Gasteiger partial charge in [0.25, 0.3) is 0 Å². The van der Waals surface area contributed by atoms with Crippen molar-refractivity contribution in [3.63, 3.8) is 0 Å². The standard InChI is InChI=1S/C34H42FN5O2/c1-6-27(28(7-2)24(4)41)23(3)30-18-31-29(32(37-30)39(5)17-14-25-12-9-8-10-13-25)20-36-33(38-31)42-22-34-15-11-16-40(34)21-26(35)19-34/h2,8-10,12-13,18,20,24,26,28,41H,6,11,14-17,19,21-22H2,1,3-5H3/b27-23-/t24?,26-,28?,34+/m1/s1. The molecule has 0 bridgehead atoms. The Morgan fingerprint density at radius 2 is 2.10 bits per heavy atom. The van der Waals surface area contributed by atoms with Crippen molar-refractivity contribution in [3.8, 4) is 18.4 Å². The average molecular weight is 572 g/mol. The number of aromatic nitrogens is 3. The lowest BCUT2D eigenvalue weighted by Crippen LogP contribution is -2.43. The molecule has 2 aliphatic heterocycles. The number of pyridine rings is 1. The summed E-state index contributed by atoms with van der Waals surface area (Å²) in [6, 6.07) is 12.6. The quantitative estimate of drug-likeness (QED) is 0.306. The number of alkyl halides is 1. The van der Waals surface area contributed by atoms with Gasteiger partial charge in [0.2, 0.25) is 0 Å². The molecule has 2 aliphatic rings.